The first kappa shape index (κ1) is 12.2. The zero-order valence-corrected chi connectivity index (χ0v) is 9.71. The molecule has 0 aliphatic rings. The largest absolute Gasteiger partial charge is 0.399 e. The van der Waals surface area contributed by atoms with Gasteiger partial charge in [-0.25, -0.2) is 8.78 Å². The van der Waals surface area contributed by atoms with E-state index < -0.39 is 11.6 Å². The summed E-state index contributed by atoms with van der Waals surface area (Å²) in [5, 5.41) is 0. The van der Waals surface area contributed by atoms with Crippen LogP contribution in [0.2, 0.25) is 0 Å². The minimum absolute atomic E-state index is 0.0996. The van der Waals surface area contributed by atoms with Gasteiger partial charge in [-0.05, 0) is 42.8 Å². The third-order valence-electron chi connectivity index (χ3n) is 2.69. The van der Waals surface area contributed by atoms with Crippen molar-refractivity contribution < 1.29 is 13.6 Å². The maximum atomic E-state index is 13.1. The predicted octanol–water partition coefficient (Wildman–Crippen LogP) is 3.09. The molecule has 0 aliphatic carbocycles. The van der Waals surface area contributed by atoms with Gasteiger partial charge < -0.3 is 5.73 Å². The van der Waals surface area contributed by atoms with E-state index in [1.807, 2.05) is 0 Å². The quantitative estimate of drug-likeness (QED) is 0.654. The second kappa shape index (κ2) is 4.56. The van der Waals surface area contributed by atoms with E-state index in [9.17, 15) is 13.6 Å². The highest BCUT2D eigenvalue weighted by atomic mass is 19.2. The van der Waals surface area contributed by atoms with Crippen LogP contribution < -0.4 is 5.73 Å². The van der Waals surface area contributed by atoms with Crippen LogP contribution in [-0.4, -0.2) is 5.78 Å². The lowest BCUT2D eigenvalue weighted by atomic mass is 9.98. The van der Waals surface area contributed by atoms with Crippen LogP contribution in [0.5, 0.6) is 0 Å². The van der Waals surface area contributed by atoms with Gasteiger partial charge in [0.1, 0.15) is 0 Å². The highest BCUT2D eigenvalue weighted by molar-refractivity contribution is 6.10. The van der Waals surface area contributed by atoms with Crippen LogP contribution in [0.1, 0.15) is 21.5 Å². The molecule has 2 rings (SSSR count). The van der Waals surface area contributed by atoms with Crippen molar-refractivity contribution in [1.82, 2.24) is 0 Å². The third-order valence-corrected chi connectivity index (χ3v) is 2.69. The summed E-state index contributed by atoms with van der Waals surface area (Å²) in [6, 6.07) is 7.99. The Kier molecular flexibility index (Phi) is 3.10. The molecule has 2 aromatic rings. The molecule has 2 nitrogen and oxygen atoms in total. The molecule has 0 unspecified atom stereocenters. The fourth-order valence-corrected chi connectivity index (χ4v) is 1.68. The first-order valence-corrected chi connectivity index (χ1v) is 5.35. The number of aryl methyl sites for hydroxylation is 1. The monoisotopic (exact) mass is 247 g/mol. The van der Waals surface area contributed by atoms with E-state index in [0.717, 1.165) is 17.7 Å². The van der Waals surface area contributed by atoms with E-state index in [2.05, 4.69) is 0 Å². The first-order valence-electron chi connectivity index (χ1n) is 5.35. The lowest BCUT2D eigenvalue weighted by Gasteiger charge is -2.06. The smallest absolute Gasteiger partial charge is 0.193 e. The highest BCUT2D eigenvalue weighted by Gasteiger charge is 2.14. The number of benzene rings is 2. The number of rotatable bonds is 2. The van der Waals surface area contributed by atoms with Gasteiger partial charge in [0.25, 0.3) is 0 Å². The fourth-order valence-electron chi connectivity index (χ4n) is 1.68. The molecule has 0 aromatic heterocycles. The Hall–Kier alpha value is -2.23. The van der Waals surface area contributed by atoms with Crippen molar-refractivity contribution in [2.24, 2.45) is 0 Å². The van der Waals surface area contributed by atoms with E-state index in [4.69, 9.17) is 5.73 Å². The number of hydrogen-bond donors (Lipinski definition) is 1. The Morgan fingerprint density at radius 3 is 2.44 bits per heavy atom. The molecule has 0 amide bonds. The lowest BCUT2D eigenvalue weighted by Crippen LogP contribution is -2.05. The molecule has 2 aromatic carbocycles. The fraction of sp³-hybridized carbons (Fsp3) is 0.0714. The Balaban J connectivity index is 2.47. The van der Waals surface area contributed by atoms with Crippen molar-refractivity contribution in [3.05, 3.63) is 64.7 Å². The van der Waals surface area contributed by atoms with Crippen LogP contribution >= 0.6 is 0 Å². The maximum Gasteiger partial charge on any atom is 0.193 e. The third kappa shape index (κ3) is 2.22. The number of carbonyl (C=O) groups is 1. The number of hydrogen-bond acceptors (Lipinski definition) is 2. The molecule has 4 heteroatoms. The molecule has 0 atom stereocenters. The zero-order valence-electron chi connectivity index (χ0n) is 9.71. The summed E-state index contributed by atoms with van der Waals surface area (Å²) in [4.78, 5) is 12.1. The van der Waals surface area contributed by atoms with Crippen molar-refractivity contribution >= 4 is 11.5 Å². The highest BCUT2D eigenvalue weighted by Crippen LogP contribution is 2.18. The minimum atomic E-state index is -1.04. The summed E-state index contributed by atoms with van der Waals surface area (Å²) >= 11 is 0. The number of nitrogens with two attached hydrogens (primary N) is 1. The van der Waals surface area contributed by atoms with Crippen LogP contribution in [0.4, 0.5) is 14.5 Å². The van der Waals surface area contributed by atoms with Crippen LogP contribution in [0.3, 0.4) is 0 Å². The summed E-state index contributed by atoms with van der Waals surface area (Å²) in [7, 11) is 0. The summed E-state index contributed by atoms with van der Waals surface area (Å²) < 4.78 is 25.9. The van der Waals surface area contributed by atoms with Gasteiger partial charge in [0, 0.05) is 16.8 Å². The number of anilines is 1. The van der Waals surface area contributed by atoms with E-state index in [1.54, 1.807) is 19.1 Å². The molecule has 0 radical (unpaired) electrons. The Morgan fingerprint density at radius 1 is 1.06 bits per heavy atom. The maximum absolute atomic E-state index is 13.1. The summed E-state index contributed by atoms with van der Waals surface area (Å²) in [5.41, 5.74) is 7.29. The van der Waals surface area contributed by atoms with Gasteiger partial charge in [0.05, 0.1) is 0 Å². The molecule has 2 N–H and O–H groups in total. The molecule has 92 valence electrons. The predicted molar refractivity (Wildman–Crippen MR) is 65.4 cm³/mol. The number of halogens is 2. The summed E-state index contributed by atoms with van der Waals surface area (Å²) in [6.07, 6.45) is 0. The molecular formula is C14H11F2NO. The minimum Gasteiger partial charge on any atom is -0.399 e. The number of nitrogen functional groups attached to an aromatic ring is 1. The topological polar surface area (TPSA) is 43.1 Å². The molecule has 0 fully saturated rings. The standard InChI is InChI=1S/C14H11F2NO/c1-8-2-4-10(17)7-11(8)14(18)9-3-5-12(15)13(16)6-9/h2-7H,17H2,1H3. The van der Waals surface area contributed by atoms with E-state index >= 15 is 0 Å². The zero-order chi connectivity index (χ0) is 13.3. The molecule has 0 saturated heterocycles. The van der Waals surface area contributed by atoms with E-state index in [-0.39, 0.29) is 11.3 Å². The van der Waals surface area contributed by atoms with Crippen molar-refractivity contribution in [3.8, 4) is 0 Å². The second-order valence-corrected chi connectivity index (χ2v) is 4.03. The van der Waals surface area contributed by atoms with Gasteiger partial charge in [0.15, 0.2) is 17.4 Å². The van der Waals surface area contributed by atoms with Gasteiger partial charge in [-0.15, -0.1) is 0 Å². The average Bonchev–Trinajstić information content (AvgIpc) is 2.35. The van der Waals surface area contributed by atoms with Gasteiger partial charge in [-0.1, -0.05) is 6.07 Å². The van der Waals surface area contributed by atoms with Crippen LogP contribution in [0, 0.1) is 18.6 Å². The van der Waals surface area contributed by atoms with Crippen molar-refractivity contribution in [3.63, 3.8) is 0 Å². The van der Waals surface area contributed by atoms with Gasteiger partial charge in [-0.3, -0.25) is 4.79 Å². The lowest BCUT2D eigenvalue weighted by molar-refractivity contribution is 0.103. The number of ketones is 1. The van der Waals surface area contributed by atoms with Crippen molar-refractivity contribution in [2.45, 2.75) is 6.92 Å². The molecule has 0 bridgehead atoms. The normalized spacial score (nSPS) is 10.4. The average molecular weight is 247 g/mol. The molecule has 18 heavy (non-hydrogen) atoms. The van der Waals surface area contributed by atoms with E-state index in [0.29, 0.717) is 11.3 Å². The van der Waals surface area contributed by atoms with Gasteiger partial charge in [0.2, 0.25) is 0 Å². The Morgan fingerprint density at radius 2 is 1.78 bits per heavy atom. The second-order valence-electron chi connectivity index (χ2n) is 4.03. The van der Waals surface area contributed by atoms with Crippen LogP contribution in [-0.2, 0) is 0 Å². The summed E-state index contributed by atoms with van der Waals surface area (Å²) in [6.45, 7) is 1.76. The number of carbonyl (C=O) groups excluding carboxylic acids is 1. The summed E-state index contributed by atoms with van der Waals surface area (Å²) in [5.74, 6) is -2.39. The van der Waals surface area contributed by atoms with Crippen molar-refractivity contribution in [2.75, 3.05) is 5.73 Å². The van der Waals surface area contributed by atoms with Crippen LogP contribution in [0.15, 0.2) is 36.4 Å². The molecule has 0 spiro atoms. The van der Waals surface area contributed by atoms with Gasteiger partial charge in [-0.2, -0.15) is 0 Å². The molecular weight excluding hydrogens is 236 g/mol. The SMILES string of the molecule is Cc1ccc(N)cc1C(=O)c1ccc(F)c(F)c1. The molecule has 0 saturated carbocycles. The van der Waals surface area contributed by atoms with Crippen LogP contribution in [0.25, 0.3) is 0 Å². The van der Waals surface area contributed by atoms with E-state index in [1.165, 1.54) is 12.1 Å². The molecule has 0 aliphatic heterocycles. The first-order chi connectivity index (χ1) is 8.49. The molecule has 0 heterocycles. The van der Waals surface area contributed by atoms with Gasteiger partial charge >= 0.3 is 0 Å². The van der Waals surface area contributed by atoms with Crippen molar-refractivity contribution in [1.29, 1.82) is 0 Å². The Bertz CT molecular complexity index is 623. The Labute approximate surface area is 103 Å².